The maximum absolute atomic E-state index is 13.4. The van der Waals surface area contributed by atoms with Gasteiger partial charge in [0.25, 0.3) is 5.69 Å². The molecule has 166 valence electrons. The molecule has 0 bridgehead atoms. The van der Waals surface area contributed by atoms with Gasteiger partial charge in [0.15, 0.2) is 11.0 Å². The van der Waals surface area contributed by atoms with Crippen LogP contribution in [0, 0.1) is 15.9 Å². The number of nitro groups is 1. The molecule has 1 heterocycles. The van der Waals surface area contributed by atoms with Crippen molar-refractivity contribution in [3.05, 3.63) is 94.8 Å². The summed E-state index contributed by atoms with van der Waals surface area (Å²) in [5.74, 6) is -0.188. The standard InChI is InChI=1S/C23H18FN5O3S/c1-15(22(30)25-18-6-5-9-20(14-18)29(31)32)33-23-27-26-21(16-10-12-17(24)13-11-16)28(23)19-7-3-2-4-8-19/h2-15H,1H3,(H,25,30). The Balaban J connectivity index is 1.61. The fraction of sp³-hybridized carbons (Fsp3) is 0.0870. The Bertz CT molecular complexity index is 1300. The zero-order valence-electron chi connectivity index (χ0n) is 17.4. The van der Waals surface area contributed by atoms with Crippen molar-refractivity contribution in [2.24, 2.45) is 0 Å². The van der Waals surface area contributed by atoms with Crippen LogP contribution in [0.1, 0.15) is 6.92 Å². The van der Waals surface area contributed by atoms with E-state index in [-0.39, 0.29) is 17.4 Å². The second-order valence-electron chi connectivity index (χ2n) is 7.04. The first-order chi connectivity index (χ1) is 15.9. The van der Waals surface area contributed by atoms with Gasteiger partial charge < -0.3 is 5.32 Å². The van der Waals surface area contributed by atoms with E-state index in [0.717, 1.165) is 5.69 Å². The van der Waals surface area contributed by atoms with Crippen molar-refractivity contribution in [3.8, 4) is 17.1 Å². The molecule has 1 atom stereocenters. The zero-order valence-corrected chi connectivity index (χ0v) is 18.2. The highest BCUT2D eigenvalue weighted by Crippen LogP contribution is 2.30. The van der Waals surface area contributed by atoms with Gasteiger partial charge in [0.2, 0.25) is 5.91 Å². The van der Waals surface area contributed by atoms with E-state index in [2.05, 4.69) is 15.5 Å². The smallest absolute Gasteiger partial charge is 0.271 e. The monoisotopic (exact) mass is 463 g/mol. The Morgan fingerprint density at radius 3 is 2.48 bits per heavy atom. The Hall–Kier alpha value is -4.05. The first-order valence-electron chi connectivity index (χ1n) is 9.91. The van der Waals surface area contributed by atoms with Crippen LogP contribution in [0.3, 0.4) is 0 Å². The molecule has 1 amide bonds. The molecule has 0 aliphatic heterocycles. The number of carbonyl (C=O) groups is 1. The number of amides is 1. The molecule has 0 saturated carbocycles. The first kappa shape index (κ1) is 22.2. The maximum atomic E-state index is 13.4. The molecule has 4 rings (SSSR count). The number of thioether (sulfide) groups is 1. The van der Waals surface area contributed by atoms with Gasteiger partial charge in [-0.25, -0.2) is 4.39 Å². The van der Waals surface area contributed by atoms with E-state index in [1.54, 1.807) is 29.7 Å². The second kappa shape index (κ2) is 9.61. The van der Waals surface area contributed by atoms with Gasteiger partial charge >= 0.3 is 0 Å². The van der Waals surface area contributed by atoms with Crippen molar-refractivity contribution in [2.45, 2.75) is 17.3 Å². The molecule has 8 nitrogen and oxygen atoms in total. The van der Waals surface area contributed by atoms with Gasteiger partial charge in [0, 0.05) is 29.1 Å². The third-order valence-electron chi connectivity index (χ3n) is 4.73. The summed E-state index contributed by atoms with van der Waals surface area (Å²) >= 11 is 1.19. The Labute approximate surface area is 192 Å². The van der Waals surface area contributed by atoms with Gasteiger partial charge in [-0.1, -0.05) is 36.0 Å². The number of rotatable bonds is 7. The van der Waals surface area contributed by atoms with Crippen molar-refractivity contribution < 1.29 is 14.1 Å². The fourth-order valence-electron chi connectivity index (χ4n) is 3.09. The van der Waals surface area contributed by atoms with E-state index in [1.165, 1.54) is 42.1 Å². The minimum atomic E-state index is -0.586. The number of halogens is 1. The van der Waals surface area contributed by atoms with Gasteiger partial charge in [-0.15, -0.1) is 10.2 Å². The summed E-state index contributed by atoms with van der Waals surface area (Å²) in [7, 11) is 0. The van der Waals surface area contributed by atoms with Crippen molar-refractivity contribution >= 4 is 29.0 Å². The number of nitro benzene ring substituents is 1. The van der Waals surface area contributed by atoms with Crippen LogP contribution in [-0.4, -0.2) is 30.8 Å². The summed E-state index contributed by atoms with van der Waals surface area (Å²) in [6, 6.07) is 21.1. The third kappa shape index (κ3) is 5.07. The van der Waals surface area contributed by atoms with Crippen LogP contribution in [0.2, 0.25) is 0 Å². The minimum absolute atomic E-state index is 0.110. The van der Waals surface area contributed by atoms with Crippen molar-refractivity contribution in [3.63, 3.8) is 0 Å². The van der Waals surface area contributed by atoms with E-state index in [1.807, 2.05) is 30.3 Å². The Kier molecular flexibility index (Phi) is 6.45. The summed E-state index contributed by atoms with van der Waals surface area (Å²) in [4.78, 5) is 23.2. The van der Waals surface area contributed by atoms with Crippen LogP contribution < -0.4 is 5.32 Å². The van der Waals surface area contributed by atoms with E-state index in [0.29, 0.717) is 22.2 Å². The highest BCUT2D eigenvalue weighted by Gasteiger charge is 2.22. The molecule has 0 spiro atoms. The molecular formula is C23H18FN5O3S. The molecule has 0 saturated heterocycles. The van der Waals surface area contributed by atoms with Gasteiger partial charge in [-0.05, 0) is 49.4 Å². The number of hydrogen-bond acceptors (Lipinski definition) is 6. The van der Waals surface area contributed by atoms with Crippen molar-refractivity contribution in [1.82, 2.24) is 14.8 Å². The largest absolute Gasteiger partial charge is 0.325 e. The average Bonchev–Trinajstić information content (AvgIpc) is 3.23. The average molecular weight is 463 g/mol. The highest BCUT2D eigenvalue weighted by atomic mass is 32.2. The lowest BCUT2D eigenvalue weighted by Crippen LogP contribution is -2.23. The number of nitrogens with one attached hydrogen (secondary N) is 1. The van der Waals surface area contributed by atoms with Crippen LogP contribution >= 0.6 is 11.8 Å². The molecule has 0 fully saturated rings. The molecular weight excluding hydrogens is 445 g/mol. The van der Waals surface area contributed by atoms with Gasteiger partial charge in [-0.2, -0.15) is 0 Å². The first-order valence-corrected chi connectivity index (χ1v) is 10.8. The fourth-order valence-corrected chi connectivity index (χ4v) is 3.96. The summed E-state index contributed by atoms with van der Waals surface area (Å²) in [6.07, 6.45) is 0. The number of para-hydroxylation sites is 1. The number of non-ortho nitro benzene ring substituents is 1. The predicted molar refractivity (Wildman–Crippen MR) is 124 cm³/mol. The van der Waals surface area contributed by atoms with Crippen LogP contribution in [0.5, 0.6) is 0 Å². The highest BCUT2D eigenvalue weighted by molar-refractivity contribution is 8.00. The molecule has 10 heteroatoms. The third-order valence-corrected chi connectivity index (χ3v) is 5.77. The van der Waals surface area contributed by atoms with Crippen molar-refractivity contribution in [1.29, 1.82) is 0 Å². The molecule has 1 aromatic heterocycles. The predicted octanol–water partition coefficient (Wildman–Crippen LogP) is 5.10. The van der Waals surface area contributed by atoms with Crippen molar-refractivity contribution in [2.75, 3.05) is 5.32 Å². The number of benzene rings is 3. The molecule has 0 aliphatic rings. The van der Waals surface area contributed by atoms with E-state index in [9.17, 15) is 19.3 Å². The van der Waals surface area contributed by atoms with Crippen LogP contribution in [-0.2, 0) is 4.79 Å². The summed E-state index contributed by atoms with van der Waals surface area (Å²) in [6.45, 7) is 1.71. The molecule has 1 unspecified atom stereocenters. The number of hydrogen-bond donors (Lipinski definition) is 1. The lowest BCUT2D eigenvalue weighted by Gasteiger charge is -2.14. The summed E-state index contributed by atoms with van der Waals surface area (Å²) in [5, 5.41) is 22.1. The molecule has 3 aromatic carbocycles. The second-order valence-corrected chi connectivity index (χ2v) is 8.35. The number of carbonyl (C=O) groups excluding carboxylic acids is 1. The van der Waals surface area contributed by atoms with E-state index < -0.39 is 10.2 Å². The zero-order chi connectivity index (χ0) is 23.4. The molecule has 0 radical (unpaired) electrons. The van der Waals surface area contributed by atoms with E-state index >= 15 is 0 Å². The summed E-state index contributed by atoms with van der Waals surface area (Å²) in [5.41, 5.74) is 1.68. The SMILES string of the molecule is CC(Sc1nnc(-c2ccc(F)cc2)n1-c1ccccc1)C(=O)Nc1cccc([N+](=O)[O-])c1. The molecule has 33 heavy (non-hydrogen) atoms. The molecule has 1 N–H and O–H groups in total. The van der Waals surface area contributed by atoms with Gasteiger partial charge in [0.1, 0.15) is 5.82 Å². The van der Waals surface area contributed by atoms with E-state index in [4.69, 9.17) is 0 Å². The van der Waals surface area contributed by atoms with Gasteiger partial charge in [-0.3, -0.25) is 19.5 Å². The topological polar surface area (TPSA) is 103 Å². The molecule has 0 aliphatic carbocycles. The Morgan fingerprint density at radius 1 is 1.06 bits per heavy atom. The molecule has 4 aromatic rings. The van der Waals surface area contributed by atoms with Crippen LogP contribution in [0.25, 0.3) is 17.1 Å². The lowest BCUT2D eigenvalue weighted by atomic mass is 10.2. The van der Waals surface area contributed by atoms with Crippen LogP contribution in [0.15, 0.2) is 84.0 Å². The Morgan fingerprint density at radius 2 is 1.79 bits per heavy atom. The van der Waals surface area contributed by atoms with Gasteiger partial charge in [0.05, 0.1) is 10.2 Å². The summed E-state index contributed by atoms with van der Waals surface area (Å²) < 4.78 is 15.2. The van der Waals surface area contributed by atoms with Crippen LogP contribution in [0.4, 0.5) is 15.8 Å². The quantitative estimate of drug-likeness (QED) is 0.232. The maximum Gasteiger partial charge on any atom is 0.271 e. The lowest BCUT2D eigenvalue weighted by molar-refractivity contribution is -0.384. The number of anilines is 1. The normalized spacial score (nSPS) is 11.7. The number of aromatic nitrogens is 3. The minimum Gasteiger partial charge on any atom is -0.325 e. The number of nitrogens with zero attached hydrogens (tertiary/aromatic N) is 4.